The highest BCUT2D eigenvalue weighted by atomic mass is 19.4. The molecule has 2 aromatic rings. The molecular formula is C24H27F4N3O3. The van der Waals surface area contributed by atoms with Gasteiger partial charge in [-0.3, -0.25) is 4.79 Å². The summed E-state index contributed by atoms with van der Waals surface area (Å²) in [5.74, 6) is -0.569. The molecule has 1 aromatic heterocycles. The maximum Gasteiger partial charge on any atom is 0.396 e. The Balaban J connectivity index is 1.33. The molecule has 10 heteroatoms. The number of oxazole rings is 1. The molecule has 2 saturated carbocycles. The van der Waals surface area contributed by atoms with Gasteiger partial charge in [0, 0.05) is 30.3 Å². The second-order valence-corrected chi connectivity index (χ2v) is 10.6. The van der Waals surface area contributed by atoms with Crippen molar-refractivity contribution < 1.29 is 31.5 Å². The number of fused-ring (bicyclic) bond motifs is 1. The molecule has 3 aliphatic rings. The molecule has 184 valence electrons. The van der Waals surface area contributed by atoms with Crippen LogP contribution in [0.2, 0.25) is 0 Å². The van der Waals surface area contributed by atoms with Crippen LogP contribution in [-0.4, -0.2) is 36.3 Å². The number of carbonyl (C=O) groups is 1. The van der Waals surface area contributed by atoms with Crippen LogP contribution in [0.3, 0.4) is 0 Å². The molecule has 34 heavy (non-hydrogen) atoms. The number of halogens is 4. The van der Waals surface area contributed by atoms with Gasteiger partial charge in [0.2, 0.25) is 0 Å². The van der Waals surface area contributed by atoms with E-state index in [9.17, 15) is 22.4 Å². The summed E-state index contributed by atoms with van der Waals surface area (Å²) >= 11 is 0. The first-order valence-corrected chi connectivity index (χ1v) is 11.5. The Hall–Kier alpha value is -2.78. The van der Waals surface area contributed by atoms with E-state index >= 15 is 0 Å². The van der Waals surface area contributed by atoms with Crippen molar-refractivity contribution in [2.45, 2.75) is 58.7 Å². The quantitative estimate of drug-likeness (QED) is 0.552. The molecule has 1 aliphatic heterocycles. The van der Waals surface area contributed by atoms with Crippen molar-refractivity contribution in [3.63, 3.8) is 0 Å². The number of ether oxygens (including phenoxy) is 1. The number of aryl methyl sites for hydroxylation is 1. The molecule has 2 aliphatic carbocycles. The molecule has 5 rings (SSSR count). The molecule has 2 atom stereocenters. The zero-order chi connectivity index (χ0) is 24.4. The van der Waals surface area contributed by atoms with Crippen LogP contribution < -0.4 is 15.0 Å². The molecule has 2 unspecified atom stereocenters. The molecule has 0 spiro atoms. The molecule has 2 heterocycles. The molecule has 1 amide bonds. The third kappa shape index (κ3) is 4.72. The van der Waals surface area contributed by atoms with Gasteiger partial charge in [-0.15, -0.1) is 0 Å². The summed E-state index contributed by atoms with van der Waals surface area (Å²) in [5, 5.41) is 2.46. The monoisotopic (exact) mass is 481 g/mol. The predicted octanol–water partition coefficient (Wildman–Crippen LogP) is 5.50. The lowest BCUT2D eigenvalue weighted by atomic mass is 9.85. The lowest BCUT2D eigenvalue weighted by molar-refractivity contribution is -0.130. The second-order valence-electron chi connectivity index (χ2n) is 10.6. The van der Waals surface area contributed by atoms with Gasteiger partial charge in [-0.25, -0.2) is 4.39 Å². The number of aromatic nitrogens is 1. The zero-order valence-corrected chi connectivity index (χ0v) is 19.3. The van der Waals surface area contributed by atoms with Gasteiger partial charge in [0.05, 0.1) is 6.10 Å². The van der Waals surface area contributed by atoms with Gasteiger partial charge in [0.1, 0.15) is 12.2 Å². The molecular weight excluding hydrogens is 454 g/mol. The fourth-order valence-electron chi connectivity index (χ4n) is 5.14. The summed E-state index contributed by atoms with van der Waals surface area (Å²) in [6, 6.07) is 2.62. The predicted molar refractivity (Wildman–Crippen MR) is 117 cm³/mol. The number of anilines is 2. The number of nitrogens with one attached hydrogen (secondary N) is 1. The van der Waals surface area contributed by atoms with E-state index in [2.05, 4.69) is 10.3 Å². The minimum absolute atomic E-state index is 0.0117. The largest absolute Gasteiger partial charge is 0.487 e. The maximum atomic E-state index is 14.8. The first kappa shape index (κ1) is 23.0. The fraction of sp³-hybridized carbons (Fsp3) is 0.583. The van der Waals surface area contributed by atoms with Crippen molar-refractivity contribution in [1.82, 2.24) is 4.98 Å². The average Bonchev–Trinajstić information content (AvgIpc) is 3.10. The van der Waals surface area contributed by atoms with Crippen LogP contribution in [-0.2, 0) is 6.42 Å². The minimum Gasteiger partial charge on any atom is -0.487 e. The van der Waals surface area contributed by atoms with E-state index in [-0.39, 0.29) is 29.0 Å². The van der Waals surface area contributed by atoms with E-state index < -0.39 is 35.8 Å². The van der Waals surface area contributed by atoms with Crippen LogP contribution in [0.25, 0.3) is 0 Å². The van der Waals surface area contributed by atoms with E-state index in [1.54, 1.807) is 11.8 Å². The Kier molecular flexibility index (Phi) is 5.33. The molecule has 1 aromatic carbocycles. The fourth-order valence-corrected chi connectivity index (χ4v) is 5.14. The highest BCUT2D eigenvalue weighted by Crippen LogP contribution is 2.52. The number of carbonyl (C=O) groups excluding carboxylic acids is 1. The van der Waals surface area contributed by atoms with Crippen LogP contribution >= 0.6 is 0 Å². The molecule has 0 bridgehead atoms. The van der Waals surface area contributed by atoms with Crippen LogP contribution in [0.4, 0.5) is 29.3 Å². The highest BCUT2D eigenvalue weighted by molar-refractivity contribution is 6.04. The molecule has 1 saturated heterocycles. The topological polar surface area (TPSA) is 67.6 Å². The number of rotatable bonds is 6. The van der Waals surface area contributed by atoms with Crippen LogP contribution in [0.15, 0.2) is 16.5 Å². The molecule has 6 nitrogen and oxygen atoms in total. The van der Waals surface area contributed by atoms with Crippen molar-refractivity contribution in [2.75, 3.05) is 23.3 Å². The zero-order valence-electron chi connectivity index (χ0n) is 19.3. The van der Waals surface area contributed by atoms with E-state index in [4.69, 9.17) is 9.15 Å². The lowest BCUT2D eigenvalue weighted by Gasteiger charge is -2.44. The van der Waals surface area contributed by atoms with Crippen LogP contribution in [0.5, 0.6) is 5.75 Å². The Morgan fingerprint density at radius 2 is 1.91 bits per heavy atom. The Morgan fingerprint density at radius 3 is 2.50 bits per heavy atom. The SMILES string of the molecule is Cc1cc(NC(=O)c2nc(N3CC(C)(C)C3)oc2CC(F)(F)F)cc(F)c1OC1CC2CC2C1. The van der Waals surface area contributed by atoms with Gasteiger partial charge in [-0.05, 0) is 49.7 Å². The van der Waals surface area contributed by atoms with E-state index in [0.29, 0.717) is 30.5 Å². The first-order chi connectivity index (χ1) is 15.9. The standard InChI is InChI=1S/C24H27F4N3O3/c1-12-4-15(8-17(25)20(12)33-16-6-13-5-14(13)7-16)29-21(32)19-18(9-24(26,27)28)34-22(30-19)31-10-23(2,3)11-31/h4,8,13-14,16H,5-7,9-11H2,1-3H3,(H,29,32). The Labute approximate surface area is 194 Å². The average molecular weight is 481 g/mol. The van der Waals surface area contributed by atoms with Crippen molar-refractivity contribution in [3.05, 3.63) is 35.0 Å². The second kappa shape index (κ2) is 7.88. The van der Waals surface area contributed by atoms with Crippen molar-refractivity contribution in [3.8, 4) is 5.75 Å². The number of amides is 1. The van der Waals surface area contributed by atoms with E-state index in [0.717, 1.165) is 18.9 Å². The minimum atomic E-state index is -4.58. The third-order valence-corrected chi connectivity index (χ3v) is 6.74. The number of hydrogen-bond donors (Lipinski definition) is 1. The molecule has 1 N–H and O–H groups in total. The third-order valence-electron chi connectivity index (χ3n) is 6.74. The van der Waals surface area contributed by atoms with Crippen molar-refractivity contribution >= 4 is 17.6 Å². The van der Waals surface area contributed by atoms with Crippen molar-refractivity contribution in [2.24, 2.45) is 17.3 Å². The van der Waals surface area contributed by atoms with Gasteiger partial charge >= 0.3 is 6.18 Å². The first-order valence-electron chi connectivity index (χ1n) is 11.5. The summed E-state index contributed by atoms with van der Waals surface area (Å²) in [4.78, 5) is 18.6. The van der Waals surface area contributed by atoms with Gasteiger partial charge < -0.3 is 19.4 Å². The normalized spacial score (nSPS) is 25.0. The Morgan fingerprint density at radius 1 is 1.24 bits per heavy atom. The van der Waals surface area contributed by atoms with Gasteiger partial charge in [0.15, 0.2) is 17.3 Å². The summed E-state index contributed by atoms with van der Waals surface area (Å²) in [6.45, 7) is 6.79. The summed E-state index contributed by atoms with van der Waals surface area (Å²) in [5.41, 5.74) is 0.128. The van der Waals surface area contributed by atoms with Gasteiger partial charge in [-0.1, -0.05) is 13.8 Å². The highest BCUT2D eigenvalue weighted by Gasteiger charge is 2.47. The van der Waals surface area contributed by atoms with Crippen LogP contribution in [0, 0.1) is 30.0 Å². The maximum absolute atomic E-state index is 14.8. The molecule has 3 fully saturated rings. The number of nitrogens with zero attached hydrogens (tertiary/aromatic N) is 2. The van der Waals surface area contributed by atoms with Gasteiger partial charge in [-0.2, -0.15) is 18.2 Å². The van der Waals surface area contributed by atoms with Crippen molar-refractivity contribution in [1.29, 1.82) is 0 Å². The van der Waals surface area contributed by atoms with E-state index in [1.807, 2.05) is 13.8 Å². The summed E-state index contributed by atoms with van der Waals surface area (Å²) in [6.07, 6.45) is -2.95. The van der Waals surface area contributed by atoms with Gasteiger partial charge in [0.25, 0.3) is 11.9 Å². The van der Waals surface area contributed by atoms with Crippen LogP contribution in [0.1, 0.15) is 54.9 Å². The number of benzene rings is 1. The molecule has 0 radical (unpaired) electrons. The number of hydrogen-bond acceptors (Lipinski definition) is 5. The van der Waals surface area contributed by atoms with E-state index in [1.165, 1.54) is 12.5 Å². The lowest BCUT2D eigenvalue weighted by Crippen LogP contribution is -2.53. The summed E-state index contributed by atoms with van der Waals surface area (Å²) < 4.78 is 65.3. The Bertz CT molecular complexity index is 1090. The number of alkyl halides is 3. The smallest absolute Gasteiger partial charge is 0.396 e. The summed E-state index contributed by atoms with van der Waals surface area (Å²) in [7, 11) is 0.